The van der Waals surface area contributed by atoms with Crippen molar-refractivity contribution in [1.29, 1.82) is 0 Å². The highest BCUT2D eigenvalue weighted by Crippen LogP contribution is 2.35. The van der Waals surface area contributed by atoms with Crippen LogP contribution in [-0.4, -0.2) is 67.7 Å². The molecule has 9 nitrogen and oxygen atoms in total. The van der Waals surface area contributed by atoms with Crippen molar-refractivity contribution in [3.63, 3.8) is 0 Å². The van der Waals surface area contributed by atoms with Crippen molar-refractivity contribution in [3.8, 4) is 17.0 Å². The maximum absolute atomic E-state index is 15.7. The highest BCUT2D eigenvalue weighted by Gasteiger charge is 2.28. The van der Waals surface area contributed by atoms with Gasteiger partial charge in [0.2, 0.25) is 5.88 Å². The molecule has 0 unspecified atom stereocenters. The molecule has 1 fully saturated rings. The molecule has 0 radical (unpaired) electrons. The molecule has 1 aliphatic heterocycles. The molecule has 1 amide bonds. The maximum Gasteiger partial charge on any atom is 0.270 e. The number of nitrogens with one attached hydrogen (secondary N) is 2. The number of benzene rings is 2. The van der Waals surface area contributed by atoms with Crippen LogP contribution in [0.15, 0.2) is 41.4 Å². The van der Waals surface area contributed by atoms with Crippen LogP contribution < -0.4 is 10.1 Å². The van der Waals surface area contributed by atoms with E-state index in [1.54, 1.807) is 0 Å². The van der Waals surface area contributed by atoms with Crippen LogP contribution in [0.3, 0.4) is 0 Å². The van der Waals surface area contributed by atoms with Crippen LogP contribution in [0.2, 0.25) is 5.02 Å². The highest BCUT2D eigenvalue weighted by molar-refractivity contribution is 7.90. The van der Waals surface area contributed by atoms with E-state index in [1.165, 1.54) is 25.4 Å². The number of ether oxygens (including phenoxy) is 1. The summed E-state index contributed by atoms with van der Waals surface area (Å²) in [6, 6.07) is 5.05. The van der Waals surface area contributed by atoms with Crippen LogP contribution in [0.1, 0.15) is 22.5 Å². The van der Waals surface area contributed by atoms with E-state index in [9.17, 15) is 17.6 Å². The highest BCUT2D eigenvalue weighted by atomic mass is 35.5. The largest absolute Gasteiger partial charge is 0.480 e. The minimum Gasteiger partial charge on any atom is -0.480 e. The van der Waals surface area contributed by atoms with E-state index >= 15 is 8.78 Å². The van der Waals surface area contributed by atoms with Crippen LogP contribution >= 0.6 is 11.6 Å². The number of aromatic nitrogens is 3. The molecular weight excluding hydrogens is 571 g/mol. The minimum absolute atomic E-state index is 0.00205. The molecule has 0 bridgehead atoms. The molecule has 2 N–H and O–H groups in total. The number of likely N-dealkylation sites (N-methyl/N-ethyl adjacent to an activating group) is 1. The number of hydrogen-bond acceptors (Lipinski definition) is 7. The summed E-state index contributed by atoms with van der Waals surface area (Å²) in [5.74, 6) is -4.85. The molecule has 14 heteroatoms. The number of methoxy groups -OCH3 is 1. The van der Waals surface area contributed by atoms with Gasteiger partial charge in [-0.1, -0.05) is 17.7 Å². The lowest BCUT2D eigenvalue weighted by atomic mass is 9.99. The molecule has 2 aromatic carbocycles. The lowest BCUT2D eigenvalue weighted by Gasteiger charge is -2.13. The topological polar surface area (TPSA) is 117 Å². The molecule has 2 aromatic heterocycles. The molecular formula is C26H23ClF3N5O4S. The fraction of sp³-hybridized carbons (Fsp3) is 0.269. The summed E-state index contributed by atoms with van der Waals surface area (Å²) >= 11 is 5.89. The second-order valence-electron chi connectivity index (χ2n) is 9.49. The molecule has 0 aliphatic carbocycles. The first kappa shape index (κ1) is 27.9. The summed E-state index contributed by atoms with van der Waals surface area (Å²) < 4.78 is 77.1. The van der Waals surface area contributed by atoms with Crippen molar-refractivity contribution >= 4 is 38.2 Å². The van der Waals surface area contributed by atoms with Gasteiger partial charge >= 0.3 is 0 Å². The third-order valence-corrected chi connectivity index (χ3v) is 8.54. The van der Waals surface area contributed by atoms with Gasteiger partial charge in [-0.05, 0) is 44.3 Å². The van der Waals surface area contributed by atoms with Crippen LogP contribution in [0.5, 0.6) is 5.88 Å². The van der Waals surface area contributed by atoms with Crippen molar-refractivity contribution in [2.75, 3.05) is 27.2 Å². The lowest BCUT2D eigenvalue weighted by molar-refractivity contribution is 0.0935. The van der Waals surface area contributed by atoms with Crippen molar-refractivity contribution in [2.24, 2.45) is 0 Å². The predicted molar refractivity (Wildman–Crippen MR) is 141 cm³/mol. The summed E-state index contributed by atoms with van der Waals surface area (Å²) in [5, 5.41) is 9.46. The number of amides is 1. The zero-order valence-corrected chi connectivity index (χ0v) is 22.8. The first-order chi connectivity index (χ1) is 19.0. The zero-order chi connectivity index (χ0) is 28.8. The molecule has 4 aromatic rings. The number of aromatic amines is 1. The Hall–Kier alpha value is -3.68. The van der Waals surface area contributed by atoms with Gasteiger partial charge in [0.15, 0.2) is 15.7 Å². The second kappa shape index (κ2) is 10.7. The van der Waals surface area contributed by atoms with Crippen LogP contribution in [0.25, 0.3) is 22.0 Å². The first-order valence-electron chi connectivity index (χ1n) is 12.0. The van der Waals surface area contributed by atoms with Gasteiger partial charge < -0.3 is 15.0 Å². The molecule has 1 atom stereocenters. The van der Waals surface area contributed by atoms with Gasteiger partial charge in [0.05, 0.1) is 17.9 Å². The number of carbonyl (C=O) groups is 1. The molecule has 40 heavy (non-hydrogen) atoms. The van der Waals surface area contributed by atoms with Crippen molar-refractivity contribution < 1.29 is 31.1 Å². The Morgan fingerprint density at radius 3 is 2.67 bits per heavy atom. The molecule has 1 aliphatic rings. The number of hydrogen-bond donors (Lipinski definition) is 2. The van der Waals surface area contributed by atoms with Crippen LogP contribution in [-0.2, 0) is 15.6 Å². The van der Waals surface area contributed by atoms with E-state index in [-0.39, 0.29) is 39.1 Å². The third-order valence-electron chi connectivity index (χ3n) is 6.68. The lowest BCUT2D eigenvalue weighted by Crippen LogP contribution is -2.36. The molecule has 0 spiro atoms. The number of rotatable bonds is 7. The summed E-state index contributed by atoms with van der Waals surface area (Å²) in [6.07, 6.45) is 1.95. The van der Waals surface area contributed by atoms with Gasteiger partial charge in [0.25, 0.3) is 5.91 Å². The van der Waals surface area contributed by atoms with E-state index in [0.29, 0.717) is 12.6 Å². The van der Waals surface area contributed by atoms with E-state index in [0.717, 1.165) is 25.1 Å². The Bertz CT molecular complexity index is 1750. The van der Waals surface area contributed by atoms with Crippen molar-refractivity contribution in [3.05, 3.63) is 70.3 Å². The quantitative estimate of drug-likeness (QED) is 0.331. The summed E-state index contributed by atoms with van der Waals surface area (Å²) in [4.78, 5) is 18.3. The van der Waals surface area contributed by atoms with Crippen LogP contribution in [0, 0.1) is 17.5 Å². The average Bonchev–Trinajstić information content (AvgIpc) is 3.52. The standard InChI is InChI=1S/C26H23ClF3N5O4S/c1-35-6-5-16(11-35)32-25(36)24-18-4-3-17(22(30)23(18)33-34-24)19-9-15(28)7-13(21(19)29)12-40(37,38)20-8-14(27)10-31-26(20)39-2/h3-4,7-10,16H,5-6,11-12H2,1-2H3,(H,32,36)(H,33,34)/t16-/m1/s1. The molecule has 5 rings (SSSR count). The van der Waals surface area contributed by atoms with E-state index in [2.05, 4.69) is 25.4 Å². The van der Waals surface area contributed by atoms with Gasteiger partial charge in [0, 0.05) is 40.9 Å². The second-order valence-corrected chi connectivity index (χ2v) is 11.9. The van der Waals surface area contributed by atoms with Gasteiger partial charge in [-0.2, -0.15) is 5.10 Å². The number of carbonyl (C=O) groups excluding carboxylic acids is 1. The number of nitrogens with zero attached hydrogens (tertiary/aromatic N) is 3. The Kier molecular flexibility index (Phi) is 7.46. The maximum atomic E-state index is 15.7. The van der Waals surface area contributed by atoms with E-state index in [1.807, 2.05) is 7.05 Å². The molecule has 210 valence electrons. The number of pyridine rings is 1. The summed E-state index contributed by atoms with van der Waals surface area (Å²) in [5.41, 5.74) is -1.63. The van der Waals surface area contributed by atoms with Crippen molar-refractivity contribution in [1.82, 2.24) is 25.4 Å². The third kappa shape index (κ3) is 5.23. The summed E-state index contributed by atoms with van der Waals surface area (Å²) in [6.45, 7) is 1.51. The average molecular weight is 594 g/mol. The minimum atomic E-state index is -4.32. The Balaban J connectivity index is 1.50. The number of H-pyrrole nitrogens is 1. The molecule has 3 heterocycles. The number of likely N-dealkylation sites (tertiary alicyclic amines) is 1. The zero-order valence-electron chi connectivity index (χ0n) is 21.3. The van der Waals surface area contributed by atoms with Gasteiger partial charge in [0.1, 0.15) is 27.7 Å². The predicted octanol–water partition coefficient (Wildman–Crippen LogP) is 4.11. The van der Waals surface area contributed by atoms with Crippen molar-refractivity contribution in [2.45, 2.75) is 23.1 Å². The molecule has 0 saturated carbocycles. The van der Waals surface area contributed by atoms with E-state index in [4.69, 9.17) is 16.3 Å². The number of sulfone groups is 1. The monoisotopic (exact) mass is 593 g/mol. The molecule has 1 saturated heterocycles. The van der Waals surface area contributed by atoms with Gasteiger partial charge in [-0.3, -0.25) is 9.89 Å². The fourth-order valence-corrected chi connectivity index (χ4v) is 6.46. The van der Waals surface area contributed by atoms with Gasteiger partial charge in [-0.15, -0.1) is 0 Å². The Labute approximate surface area is 232 Å². The van der Waals surface area contributed by atoms with Gasteiger partial charge in [-0.25, -0.2) is 26.6 Å². The smallest absolute Gasteiger partial charge is 0.270 e. The first-order valence-corrected chi connectivity index (χ1v) is 14.1. The Morgan fingerprint density at radius 2 is 1.98 bits per heavy atom. The fourth-order valence-electron chi connectivity index (χ4n) is 4.75. The SMILES string of the molecule is COc1ncc(Cl)cc1S(=O)(=O)Cc1cc(F)cc(-c2ccc3c(C(=O)N[C@@H]4CCN(C)C4)[nH]nc3c2F)c1F. The van der Waals surface area contributed by atoms with Crippen LogP contribution in [0.4, 0.5) is 13.2 Å². The normalized spacial score (nSPS) is 16.0. The Morgan fingerprint density at radius 1 is 1.20 bits per heavy atom. The number of fused-ring (bicyclic) bond motifs is 1. The number of halogens is 4. The summed E-state index contributed by atoms with van der Waals surface area (Å²) in [7, 11) is -1.18. The van der Waals surface area contributed by atoms with E-state index < -0.39 is 55.0 Å².